The number of hydrogen-bond donors (Lipinski definition) is 0. The molecule has 0 saturated carbocycles. The predicted octanol–water partition coefficient (Wildman–Crippen LogP) is 8.03. The summed E-state index contributed by atoms with van der Waals surface area (Å²) in [6.45, 7) is 0. The van der Waals surface area contributed by atoms with Crippen LogP contribution >= 0.6 is 0 Å². The highest BCUT2D eigenvalue weighted by Gasteiger charge is 2.50. The third kappa shape index (κ3) is 3.29. The van der Waals surface area contributed by atoms with Crippen LogP contribution in [0.5, 0.6) is 0 Å². The van der Waals surface area contributed by atoms with Crippen LogP contribution in [-0.4, -0.2) is 11.5 Å². The second kappa shape index (κ2) is 8.65. The lowest BCUT2D eigenvalue weighted by molar-refractivity contribution is 0.102. The van der Waals surface area contributed by atoms with Crippen LogP contribution in [0.4, 0.5) is 0 Å². The van der Waals surface area contributed by atoms with Crippen LogP contribution in [0, 0.1) is 0 Å². The molecule has 0 aliphatic heterocycles. The van der Waals surface area contributed by atoms with Crippen molar-refractivity contribution in [2.45, 2.75) is 10.5 Å². The van der Waals surface area contributed by atoms with E-state index in [0.717, 1.165) is 5.56 Å². The van der Waals surface area contributed by atoms with Crippen molar-refractivity contribution in [3.8, 4) is 22.3 Å². The summed E-state index contributed by atoms with van der Waals surface area (Å²) in [5.41, 5.74) is 11.4. The highest BCUT2D eigenvalue weighted by atomic mass is 32.2. The van der Waals surface area contributed by atoms with Crippen molar-refractivity contribution >= 4 is 16.7 Å². The minimum absolute atomic E-state index is 0.175. The minimum Gasteiger partial charge on any atom is -0.289 e. The Morgan fingerprint density at radius 1 is 0.472 bits per heavy atom. The first-order valence-electron chi connectivity index (χ1n) is 12.4. The Hall–Kier alpha value is -3.88. The Morgan fingerprint density at radius 2 is 0.806 bits per heavy atom. The fourth-order valence-corrected chi connectivity index (χ4v) is 9.23. The van der Waals surface area contributed by atoms with Gasteiger partial charge in [-0.25, -0.2) is 0 Å². The molecule has 0 amide bonds. The zero-order valence-electron chi connectivity index (χ0n) is 19.8. The third-order valence-electron chi connectivity index (χ3n) is 7.55. The molecule has 172 valence electrons. The lowest BCUT2D eigenvalue weighted by Crippen LogP contribution is -2.28. The molecular weight excluding hydrogens is 456 g/mol. The van der Waals surface area contributed by atoms with Gasteiger partial charge in [-0.3, -0.25) is 4.79 Å². The number of fused-ring (bicyclic) bond motifs is 6. The van der Waals surface area contributed by atoms with Gasteiger partial charge < -0.3 is 0 Å². The number of Topliss-reactive ketones (excluding diaryl/α,β-unsaturated/α-hetero) is 1. The van der Waals surface area contributed by atoms with Gasteiger partial charge in [0.25, 0.3) is 0 Å². The Morgan fingerprint density at radius 3 is 1.19 bits per heavy atom. The number of benzene rings is 5. The van der Waals surface area contributed by atoms with E-state index in [2.05, 4.69) is 97.1 Å². The summed E-state index contributed by atoms with van der Waals surface area (Å²) >= 11 is 0. The SMILES string of the molecule is O=C(C[S+](C1c2ccccc2-c2ccccc21)C1c2ccccc2-c2ccccc21)c1ccccc1. The number of carbonyl (C=O) groups excluding carboxylic acids is 1. The Labute approximate surface area is 214 Å². The van der Waals surface area contributed by atoms with Gasteiger partial charge >= 0.3 is 0 Å². The first-order chi connectivity index (χ1) is 17.8. The molecule has 0 fully saturated rings. The van der Waals surface area contributed by atoms with Gasteiger partial charge in [-0.1, -0.05) is 127 Å². The number of ketones is 1. The van der Waals surface area contributed by atoms with E-state index >= 15 is 0 Å². The molecule has 0 aromatic heterocycles. The molecule has 0 unspecified atom stereocenters. The van der Waals surface area contributed by atoms with Gasteiger partial charge in [-0.15, -0.1) is 0 Å². The quantitative estimate of drug-likeness (QED) is 0.183. The van der Waals surface area contributed by atoms with Crippen molar-refractivity contribution in [1.29, 1.82) is 0 Å². The number of carbonyl (C=O) groups is 1. The highest BCUT2D eigenvalue weighted by Crippen LogP contribution is 2.56. The second-order valence-electron chi connectivity index (χ2n) is 9.51. The molecule has 7 rings (SSSR count). The van der Waals surface area contributed by atoms with E-state index in [-0.39, 0.29) is 27.2 Å². The van der Waals surface area contributed by atoms with E-state index in [1.807, 2.05) is 30.3 Å². The summed E-state index contributed by atoms with van der Waals surface area (Å²) in [6.07, 6.45) is 0. The summed E-state index contributed by atoms with van der Waals surface area (Å²) < 4.78 is 0. The van der Waals surface area contributed by atoms with Crippen molar-refractivity contribution < 1.29 is 4.79 Å². The molecule has 0 heterocycles. The Bertz CT molecular complexity index is 1420. The zero-order valence-corrected chi connectivity index (χ0v) is 20.6. The second-order valence-corrected chi connectivity index (χ2v) is 11.7. The van der Waals surface area contributed by atoms with Gasteiger partial charge in [-0.2, -0.15) is 0 Å². The molecule has 2 aliphatic carbocycles. The van der Waals surface area contributed by atoms with Crippen LogP contribution < -0.4 is 0 Å². The van der Waals surface area contributed by atoms with Crippen LogP contribution in [-0.2, 0) is 10.9 Å². The lowest BCUT2D eigenvalue weighted by atomic mass is 10.1. The molecule has 5 aromatic carbocycles. The van der Waals surface area contributed by atoms with E-state index in [1.54, 1.807) is 0 Å². The van der Waals surface area contributed by atoms with Crippen molar-refractivity contribution in [3.63, 3.8) is 0 Å². The molecule has 0 saturated heterocycles. The van der Waals surface area contributed by atoms with E-state index < -0.39 is 0 Å². The van der Waals surface area contributed by atoms with Gasteiger partial charge in [0.15, 0.2) is 16.3 Å². The molecule has 0 radical (unpaired) electrons. The van der Waals surface area contributed by atoms with Crippen molar-refractivity contribution in [3.05, 3.63) is 155 Å². The van der Waals surface area contributed by atoms with Gasteiger partial charge in [0.1, 0.15) is 0 Å². The fourth-order valence-electron chi connectivity index (χ4n) is 6.03. The Balaban J connectivity index is 1.45. The largest absolute Gasteiger partial charge is 0.289 e. The molecule has 5 aromatic rings. The molecular formula is C34H25OS+. The third-order valence-corrected chi connectivity index (χ3v) is 10.4. The van der Waals surface area contributed by atoms with E-state index in [4.69, 9.17) is 0 Å². The fraction of sp³-hybridized carbons (Fsp3) is 0.0882. The van der Waals surface area contributed by atoms with Gasteiger partial charge in [0.2, 0.25) is 5.78 Å². The van der Waals surface area contributed by atoms with Gasteiger partial charge in [-0.05, 0) is 22.3 Å². The van der Waals surface area contributed by atoms with Crippen molar-refractivity contribution in [2.75, 3.05) is 5.75 Å². The monoisotopic (exact) mass is 481 g/mol. The van der Waals surface area contributed by atoms with Crippen molar-refractivity contribution in [1.82, 2.24) is 0 Å². The predicted molar refractivity (Wildman–Crippen MR) is 150 cm³/mol. The smallest absolute Gasteiger partial charge is 0.211 e. The zero-order chi connectivity index (χ0) is 24.1. The summed E-state index contributed by atoms with van der Waals surface area (Å²) in [4.78, 5) is 13.8. The Kier molecular flexibility index (Phi) is 5.15. The summed E-state index contributed by atoms with van der Waals surface area (Å²) in [7, 11) is -0.301. The normalized spacial score (nSPS) is 13.8. The molecule has 36 heavy (non-hydrogen) atoms. The van der Waals surface area contributed by atoms with Crippen LogP contribution in [0.15, 0.2) is 127 Å². The maximum atomic E-state index is 13.8. The molecule has 0 atom stereocenters. The standard InChI is InChI=1S/C34H25OS/c35-32(23-12-2-1-3-13-23)22-36(33-28-18-8-4-14-24(28)25-15-5-9-19-29(25)33)34-30-20-10-6-16-26(30)27-17-7-11-21-31(27)34/h1-21,33-34H,22H2/q+1. The minimum atomic E-state index is -0.301. The first-order valence-corrected chi connectivity index (χ1v) is 14.0. The average molecular weight is 482 g/mol. The van der Waals surface area contributed by atoms with Gasteiger partial charge in [0.05, 0.1) is 0 Å². The van der Waals surface area contributed by atoms with Crippen LogP contribution in [0.25, 0.3) is 22.3 Å². The van der Waals surface area contributed by atoms with E-state index in [9.17, 15) is 4.79 Å². The molecule has 0 N–H and O–H groups in total. The molecule has 1 nitrogen and oxygen atoms in total. The molecule has 0 bridgehead atoms. The number of rotatable bonds is 5. The maximum absolute atomic E-state index is 13.8. The highest BCUT2D eigenvalue weighted by molar-refractivity contribution is 7.98. The first kappa shape index (κ1) is 21.4. The lowest BCUT2D eigenvalue weighted by Gasteiger charge is -2.24. The number of hydrogen-bond acceptors (Lipinski definition) is 1. The van der Waals surface area contributed by atoms with E-state index in [0.29, 0.717) is 5.75 Å². The topological polar surface area (TPSA) is 17.1 Å². The van der Waals surface area contributed by atoms with Crippen molar-refractivity contribution in [2.24, 2.45) is 0 Å². The van der Waals surface area contributed by atoms with Crippen LogP contribution in [0.2, 0.25) is 0 Å². The average Bonchev–Trinajstić information content (AvgIpc) is 3.46. The van der Waals surface area contributed by atoms with Crippen LogP contribution in [0.1, 0.15) is 43.1 Å². The molecule has 2 aliphatic rings. The summed E-state index contributed by atoms with van der Waals surface area (Å²) in [6, 6.07) is 45.0. The molecule has 2 heteroatoms. The molecule has 0 spiro atoms. The summed E-state index contributed by atoms with van der Waals surface area (Å²) in [5, 5.41) is 0.351. The van der Waals surface area contributed by atoms with E-state index in [1.165, 1.54) is 44.5 Å². The van der Waals surface area contributed by atoms with Gasteiger partial charge in [0, 0.05) is 38.7 Å². The maximum Gasteiger partial charge on any atom is 0.211 e. The summed E-state index contributed by atoms with van der Waals surface area (Å²) in [5.74, 6) is 0.743. The van der Waals surface area contributed by atoms with Crippen LogP contribution in [0.3, 0.4) is 0 Å².